The molecule has 120 valence electrons. The Morgan fingerprint density at radius 3 is 2.64 bits per heavy atom. The number of hydrogen-bond acceptors (Lipinski definition) is 2. The summed E-state index contributed by atoms with van der Waals surface area (Å²) in [5.41, 5.74) is -1.90. The minimum atomic E-state index is -4.81. The van der Waals surface area contributed by atoms with Crippen LogP contribution in [-0.4, -0.2) is 36.0 Å². The molecule has 2 bridgehead atoms. The van der Waals surface area contributed by atoms with Gasteiger partial charge in [-0.1, -0.05) is 6.07 Å². The molecule has 1 aromatic carbocycles. The Balaban J connectivity index is 1.86. The van der Waals surface area contributed by atoms with E-state index in [-0.39, 0.29) is 6.04 Å². The van der Waals surface area contributed by atoms with Crippen LogP contribution in [0.1, 0.15) is 35.2 Å². The Morgan fingerprint density at radius 2 is 1.91 bits per heavy atom. The largest absolute Gasteiger partial charge is 0.419 e. The van der Waals surface area contributed by atoms with E-state index in [9.17, 15) is 22.4 Å². The number of nitrogens with one attached hydrogen (secondary N) is 1. The average Bonchev–Trinajstić information content (AvgIpc) is 2.76. The number of likely N-dealkylation sites (tertiary alicyclic amines) is 1. The van der Waals surface area contributed by atoms with Gasteiger partial charge in [0.25, 0.3) is 5.91 Å². The maximum atomic E-state index is 14.1. The van der Waals surface area contributed by atoms with Crippen LogP contribution in [0.3, 0.4) is 0 Å². The molecule has 0 saturated carbocycles. The molecule has 2 unspecified atom stereocenters. The van der Waals surface area contributed by atoms with Gasteiger partial charge >= 0.3 is 6.18 Å². The van der Waals surface area contributed by atoms with Gasteiger partial charge in [-0.3, -0.25) is 4.79 Å². The molecule has 2 fully saturated rings. The Labute approximate surface area is 125 Å². The lowest BCUT2D eigenvalue weighted by atomic mass is 10.1. The number of fused-ring (bicyclic) bond motifs is 2. The highest BCUT2D eigenvalue weighted by Gasteiger charge is 2.37. The summed E-state index contributed by atoms with van der Waals surface area (Å²) in [5.74, 6) is -2.15. The van der Waals surface area contributed by atoms with Crippen LogP contribution < -0.4 is 5.32 Å². The second-order valence-electron chi connectivity index (χ2n) is 5.84. The van der Waals surface area contributed by atoms with Crippen molar-refractivity contribution < 1.29 is 22.4 Å². The molecule has 22 heavy (non-hydrogen) atoms. The van der Waals surface area contributed by atoms with Crippen molar-refractivity contribution in [3.63, 3.8) is 0 Å². The van der Waals surface area contributed by atoms with E-state index < -0.39 is 29.0 Å². The SMILES string of the molecule is O=C(c1cccc(C(F)(F)F)c1F)N1CCC2CCC(C1)N2. The third kappa shape index (κ3) is 2.82. The summed E-state index contributed by atoms with van der Waals surface area (Å²) in [7, 11) is 0. The lowest BCUT2D eigenvalue weighted by Gasteiger charge is -2.25. The predicted molar refractivity (Wildman–Crippen MR) is 71.9 cm³/mol. The van der Waals surface area contributed by atoms with Crippen LogP contribution >= 0.6 is 0 Å². The highest BCUT2D eigenvalue weighted by atomic mass is 19.4. The molecule has 3 nitrogen and oxygen atoms in total. The second kappa shape index (κ2) is 5.53. The van der Waals surface area contributed by atoms with Crippen molar-refractivity contribution >= 4 is 5.91 Å². The van der Waals surface area contributed by atoms with Crippen LogP contribution in [0.25, 0.3) is 0 Å². The van der Waals surface area contributed by atoms with Crippen LogP contribution in [-0.2, 0) is 6.18 Å². The second-order valence-corrected chi connectivity index (χ2v) is 5.84. The summed E-state index contributed by atoms with van der Waals surface area (Å²) >= 11 is 0. The molecular formula is C15H16F4N2O. The van der Waals surface area contributed by atoms with Crippen LogP contribution in [0.2, 0.25) is 0 Å². The van der Waals surface area contributed by atoms with Gasteiger partial charge in [0.2, 0.25) is 0 Å². The van der Waals surface area contributed by atoms with Gasteiger partial charge in [-0.25, -0.2) is 4.39 Å². The first kappa shape index (κ1) is 15.3. The van der Waals surface area contributed by atoms with Crippen molar-refractivity contribution in [2.24, 2.45) is 0 Å². The lowest BCUT2D eigenvalue weighted by molar-refractivity contribution is -0.140. The lowest BCUT2D eigenvalue weighted by Crippen LogP contribution is -2.39. The van der Waals surface area contributed by atoms with Gasteiger partial charge in [0.05, 0.1) is 11.1 Å². The fraction of sp³-hybridized carbons (Fsp3) is 0.533. The van der Waals surface area contributed by atoms with E-state index in [0.29, 0.717) is 25.2 Å². The van der Waals surface area contributed by atoms with Gasteiger partial charge in [-0.2, -0.15) is 13.2 Å². The first-order valence-corrected chi connectivity index (χ1v) is 7.27. The van der Waals surface area contributed by atoms with Crippen LogP contribution in [0.15, 0.2) is 18.2 Å². The number of amides is 1. The molecule has 2 aliphatic rings. The number of benzene rings is 1. The molecule has 2 atom stereocenters. The number of alkyl halides is 3. The summed E-state index contributed by atoms with van der Waals surface area (Å²) in [6, 6.07) is 3.32. The maximum absolute atomic E-state index is 14.1. The highest BCUT2D eigenvalue weighted by molar-refractivity contribution is 5.94. The number of halogens is 4. The average molecular weight is 316 g/mol. The molecule has 1 aromatic rings. The van der Waals surface area contributed by atoms with Gasteiger partial charge in [0.15, 0.2) is 0 Å². The predicted octanol–water partition coefficient (Wildman–Crippen LogP) is 2.81. The minimum absolute atomic E-state index is 0.144. The molecule has 0 spiro atoms. The van der Waals surface area contributed by atoms with Crippen molar-refractivity contribution in [3.05, 3.63) is 35.1 Å². The molecular weight excluding hydrogens is 300 g/mol. The van der Waals surface area contributed by atoms with Gasteiger partial charge in [0.1, 0.15) is 5.82 Å². The fourth-order valence-corrected chi connectivity index (χ4v) is 3.21. The van der Waals surface area contributed by atoms with Crippen molar-refractivity contribution in [2.75, 3.05) is 13.1 Å². The highest BCUT2D eigenvalue weighted by Crippen LogP contribution is 2.33. The van der Waals surface area contributed by atoms with Crippen LogP contribution in [0, 0.1) is 5.82 Å². The molecule has 2 saturated heterocycles. The van der Waals surface area contributed by atoms with Crippen molar-refractivity contribution in [1.29, 1.82) is 0 Å². The summed E-state index contributed by atoms with van der Waals surface area (Å²) < 4.78 is 52.3. The number of rotatable bonds is 1. The number of nitrogens with zero attached hydrogens (tertiary/aromatic N) is 1. The van der Waals surface area contributed by atoms with E-state index in [4.69, 9.17) is 0 Å². The van der Waals surface area contributed by atoms with Crippen molar-refractivity contribution in [3.8, 4) is 0 Å². The fourth-order valence-electron chi connectivity index (χ4n) is 3.21. The smallest absolute Gasteiger partial charge is 0.337 e. The molecule has 1 amide bonds. The zero-order chi connectivity index (χ0) is 15.9. The molecule has 7 heteroatoms. The zero-order valence-corrected chi connectivity index (χ0v) is 11.8. The molecule has 0 aromatic heterocycles. The molecule has 1 N–H and O–H groups in total. The van der Waals surface area contributed by atoms with Crippen molar-refractivity contribution in [1.82, 2.24) is 10.2 Å². The molecule has 3 rings (SSSR count). The quantitative estimate of drug-likeness (QED) is 0.808. The van der Waals surface area contributed by atoms with E-state index in [1.807, 2.05) is 0 Å². The van der Waals surface area contributed by atoms with E-state index in [1.54, 1.807) is 0 Å². The summed E-state index contributed by atoms with van der Waals surface area (Å²) in [5, 5.41) is 3.37. The first-order valence-electron chi connectivity index (χ1n) is 7.27. The van der Waals surface area contributed by atoms with Crippen molar-refractivity contribution in [2.45, 2.75) is 37.5 Å². The minimum Gasteiger partial charge on any atom is -0.337 e. The molecule has 2 heterocycles. The Kier molecular flexibility index (Phi) is 3.84. The Hall–Kier alpha value is -1.63. The zero-order valence-electron chi connectivity index (χ0n) is 11.8. The van der Waals surface area contributed by atoms with E-state index in [0.717, 1.165) is 31.4 Å². The third-order valence-electron chi connectivity index (χ3n) is 4.34. The summed E-state index contributed by atoms with van der Waals surface area (Å²) in [6.45, 7) is 0.841. The maximum Gasteiger partial charge on any atom is 0.419 e. The third-order valence-corrected chi connectivity index (χ3v) is 4.34. The summed E-state index contributed by atoms with van der Waals surface area (Å²) in [6.07, 6.45) is -2.09. The first-order chi connectivity index (χ1) is 10.4. The van der Waals surface area contributed by atoms with Crippen LogP contribution in [0.4, 0.5) is 17.6 Å². The number of carbonyl (C=O) groups is 1. The Bertz CT molecular complexity index is 587. The summed E-state index contributed by atoms with van der Waals surface area (Å²) in [4.78, 5) is 13.9. The van der Waals surface area contributed by atoms with E-state index in [1.165, 1.54) is 4.90 Å². The van der Waals surface area contributed by atoms with Gasteiger partial charge in [0, 0.05) is 25.2 Å². The van der Waals surface area contributed by atoms with Gasteiger partial charge < -0.3 is 10.2 Å². The van der Waals surface area contributed by atoms with E-state index >= 15 is 0 Å². The van der Waals surface area contributed by atoms with Crippen LogP contribution in [0.5, 0.6) is 0 Å². The molecule has 2 aliphatic heterocycles. The van der Waals surface area contributed by atoms with Gasteiger partial charge in [-0.15, -0.1) is 0 Å². The topological polar surface area (TPSA) is 32.3 Å². The van der Waals surface area contributed by atoms with E-state index in [2.05, 4.69) is 5.32 Å². The number of carbonyl (C=O) groups excluding carboxylic acids is 1. The standard InChI is InChI=1S/C15H16F4N2O/c16-13-11(2-1-3-12(13)15(17,18)19)14(22)21-7-6-9-4-5-10(8-21)20-9/h1-3,9-10,20H,4-8H2. The number of hydrogen-bond donors (Lipinski definition) is 1. The molecule has 0 aliphatic carbocycles. The normalized spacial score (nSPS) is 25.2. The Morgan fingerprint density at radius 1 is 1.18 bits per heavy atom. The monoisotopic (exact) mass is 316 g/mol. The molecule has 0 radical (unpaired) electrons. The van der Waals surface area contributed by atoms with Gasteiger partial charge in [-0.05, 0) is 31.4 Å².